The Labute approximate surface area is 77.2 Å². The van der Waals surface area contributed by atoms with Gasteiger partial charge in [0.05, 0.1) is 6.61 Å². The number of carbonyl (C=O) groups is 2. The summed E-state index contributed by atoms with van der Waals surface area (Å²) in [5, 5.41) is 0. The van der Waals surface area contributed by atoms with Crippen LogP contribution in [0.4, 0.5) is 4.79 Å². The molecular formula is C8H15NO4. The van der Waals surface area contributed by atoms with Crippen molar-refractivity contribution in [2.75, 3.05) is 6.61 Å². The van der Waals surface area contributed by atoms with Crippen molar-refractivity contribution in [3.63, 3.8) is 0 Å². The van der Waals surface area contributed by atoms with Gasteiger partial charge in [-0.2, -0.15) is 0 Å². The maximum atomic E-state index is 11.2. The zero-order chi connectivity index (χ0) is 10.4. The van der Waals surface area contributed by atoms with Crippen LogP contribution in [-0.4, -0.2) is 24.8 Å². The first-order valence-corrected chi connectivity index (χ1v) is 4.11. The molecule has 0 aliphatic heterocycles. The van der Waals surface area contributed by atoms with Crippen molar-refractivity contribution < 1.29 is 19.1 Å². The quantitative estimate of drug-likeness (QED) is 0.659. The van der Waals surface area contributed by atoms with Crippen molar-refractivity contribution in [2.45, 2.75) is 26.9 Å². The minimum Gasteiger partial charge on any atom is -0.463 e. The molecule has 1 amide bonds. The van der Waals surface area contributed by atoms with Crippen LogP contribution in [-0.2, 0) is 14.3 Å². The Bertz CT molecular complexity index is 191. The van der Waals surface area contributed by atoms with E-state index in [1.165, 1.54) is 0 Å². The summed E-state index contributed by atoms with van der Waals surface area (Å²) in [6.07, 6.45) is -1.87. The highest BCUT2D eigenvalue weighted by atomic mass is 16.6. The van der Waals surface area contributed by atoms with E-state index in [0.29, 0.717) is 0 Å². The van der Waals surface area contributed by atoms with Gasteiger partial charge in [-0.3, -0.25) is 0 Å². The molecule has 0 fully saturated rings. The first-order chi connectivity index (χ1) is 5.99. The highest BCUT2D eigenvalue weighted by molar-refractivity contribution is 5.78. The summed E-state index contributed by atoms with van der Waals surface area (Å²) in [4.78, 5) is 21.6. The zero-order valence-electron chi connectivity index (χ0n) is 8.07. The molecule has 0 aliphatic carbocycles. The Morgan fingerprint density at radius 1 is 1.38 bits per heavy atom. The predicted molar refractivity (Wildman–Crippen MR) is 45.9 cm³/mol. The van der Waals surface area contributed by atoms with E-state index in [-0.39, 0.29) is 12.5 Å². The van der Waals surface area contributed by atoms with Gasteiger partial charge in [0.2, 0.25) is 6.10 Å². The molecule has 13 heavy (non-hydrogen) atoms. The number of ether oxygens (including phenoxy) is 2. The van der Waals surface area contributed by atoms with Crippen LogP contribution in [0.15, 0.2) is 0 Å². The molecule has 0 aromatic rings. The number of amides is 1. The van der Waals surface area contributed by atoms with Crippen LogP contribution >= 0.6 is 0 Å². The van der Waals surface area contributed by atoms with E-state index >= 15 is 0 Å². The Morgan fingerprint density at radius 3 is 2.23 bits per heavy atom. The number of rotatable bonds is 4. The molecule has 0 heterocycles. The van der Waals surface area contributed by atoms with E-state index in [4.69, 9.17) is 10.5 Å². The first kappa shape index (κ1) is 11.7. The number of hydrogen-bond acceptors (Lipinski definition) is 4. The van der Waals surface area contributed by atoms with E-state index in [1.54, 1.807) is 20.8 Å². The van der Waals surface area contributed by atoms with E-state index in [2.05, 4.69) is 4.74 Å². The molecule has 76 valence electrons. The minimum absolute atomic E-state index is 0.147. The van der Waals surface area contributed by atoms with Gasteiger partial charge < -0.3 is 15.2 Å². The Hall–Kier alpha value is -1.26. The normalized spacial score (nSPS) is 12.3. The summed E-state index contributed by atoms with van der Waals surface area (Å²) >= 11 is 0. The number of esters is 1. The van der Waals surface area contributed by atoms with Crippen LogP contribution in [0.25, 0.3) is 0 Å². The molecule has 5 heteroatoms. The Kier molecular flexibility index (Phi) is 4.87. The van der Waals surface area contributed by atoms with Crippen LogP contribution in [0.5, 0.6) is 0 Å². The molecule has 0 saturated carbocycles. The number of carbonyl (C=O) groups excluding carboxylic acids is 2. The second-order valence-electron chi connectivity index (χ2n) is 2.85. The van der Waals surface area contributed by atoms with Gasteiger partial charge in [0.15, 0.2) is 0 Å². The second-order valence-corrected chi connectivity index (χ2v) is 2.85. The maximum absolute atomic E-state index is 11.2. The third-order valence-electron chi connectivity index (χ3n) is 1.37. The summed E-state index contributed by atoms with van der Waals surface area (Å²) < 4.78 is 9.28. The first-order valence-electron chi connectivity index (χ1n) is 4.11. The molecule has 5 nitrogen and oxygen atoms in total. The summed E-state index contributed by atoms with van der Waals surface area (Å²) in [5.74, 6) is -0.706. The molecule has 0 aliphatic rings. The van der Waals surface area contributed by atoms with Crippen LogP contribution in [0.1, 0.15) is 20.8 Å². The lowest BCUT2D eigenvalue weighted by molar-refractivity contribution is -0.155. The van der Waals surface area contributed by atoms with Crippen LogP contribution in [0.3, 0.4) is 0 Å². The van der Waals surface area contributed by atoms with E-state index in [9.17, 15) is 9.59 Å². The summed E-state index contributed by atoms with van der Waals surface area (Å²) in [6, 6.07) is 0. The molecule has 0 aromatic carbocycles. The van der Waals surface area contributed by atoms with Crippen LogP contribution in [0, 0.1) is 5.92 Å². The van der Waals surface area contributed by atoms with Gasteiger partial charge >= 0.3 is 12.1 Å². The zero-order valence-corrected chi connectivity index (χ0v) is 8.07. The van der Waals surface area contributed by atoms with Crippen molar-refractivity contribution in [2.24, 2.45) is 11.7 Å². The Balaban J connectivity index is 4.24. The monoisotopic (exact) mass is 189 g/mol. The van der Waals surface area contributed by atoms with Gasteiger partial charge in [-0.25, -0.2) is 9.59 Å². The number of hydrogen-bond donors (Lipinski definition) is 1. The van der Waals surface area contributed by atoms with Gasteiger partial charge in [-0.15, -0.1) is 0 Å². The minimum atomic E-state index is -0.966. The van der Waals surface area contributed by atoms with E-state index < -0.39 is 18.2 Å². The summed E-state index contributed by atoms with van der Waals surface area (Å²) in [7, 11) is 0. The fourth-order valence-corrected chi connectivity index (χ4v) is 0.806. The van der Waals surface area contributed by atoms with Gasteiger partial charge in [0.25, 0.3) is 0 Å². The topological polar surface area (TPSA) is 78.6 Å². The van der Waals surface area contributed by atoms with Crippen LogP contribution in [0.2, 0.25) is 0 Å². The van der Waals surface area contributed by atoms with Crippen molar-refractivity contribution in [3.8, 4) is 0 Å². The summed E-state index contributed by atoms with van der Waals surface area (Å²) in [6.45, 7) is 5.42. The molecule has 2 N–H and O–H groups in total. The average Bonchev–Trinajstić information content (AvgIpc) is 1.99. The molecule has 0 spiro atoms. The fourth-order valence-electron chi connectivity index (χ4n) is 0.806. The van der Waals surface area contributed by atoms with Gasteiger partial charge in [0, 0.05) is 5.92 Å². The lowest BCUT2D eigenvalue weighted by Crippen LogP contribution is -2.35. The largest absolute Gasteiger partial charge is 0.463 e. The van der Waals surface area contributed by atoms with Crippen LogP contribution < -0.4 is 5.73 Å². The third-order valence-corrected chi connectivity index (χ3v) is 1.37. The lowest BCUT2D eigenvalue weighted by atomic mass is 10.1. The van der Waals surface area contributed by atoms with Crippen molar-refractivity contribution in [1.82, 2.24) is 0 Å². The number of nitrogens with two attached hydrogens (primary N) is 1. The molecule has 0 rings (SSSR count). The van der Waals surface area contributed by atoms with Crippen molar-refractivity contribution >= 4 is 12.1 Å². The standard InChI is InChI=1S/C8H15NO4/c1-4-12-7(10)6(5(2)3)13-8(9)11/h5-6H,4H2,1-3H3,(H2,9,11). The fraction of sp³-hybridized carbons (Fsp3) is 0.750. The van der Waals surface area contributed by atoms with E-state index in [1.807, 2.05) is 0 Å². The highest BCUT2D eigenvalue weighted by Gasteiger charge is 2.26. The number of primary amides is 1. The Morgan fingerprint density at radius 2 is 1.92 bits per heavy atom. The van der Waals surface area contributed by atoms with Crippen molar-refractivity contribution in [3.05, 3.63) is 0 Å². The van der Waals surface area contributed by atoms with E-state index in [0.717, 1.165) is 0 Å². The molecule has 0 bridgehead atoms. The molecule has 0 aromatic heterocycles. The second kappa shape index (κ2) is 5.40. The lowest BCUT2D eigenvalue weighted by Gasteiger charge is -2.17. The smallest absolute Gasteiger partial charge is 0.405 e. The SMILES string of the molecule is CCOC(=O)C(OC(N)=O)C(C)C. The highest BCUT2D eigenvalue weighted by Crippen LogP contribution is 2.08. The molecular weight excluding hydrogens is 174 g/mol. The molecule has 1 unspecified atom stereocenters. The molecule has 0 radical (unpaired) electrons. The van der Waals surface area contributed by atoms with Crippen molar-refractivity contribution in [1.29, 1.82) is 0 Å². The molecule has 0 saturated heterocycles. The van der Waals surface area contributed by atoms with Gasteiger partial charge in [-0.1, -0.05) is 13.8 Å². The predicted octanol–water partition coefficient (Wildman–Crippen LogP) is 0.669. The maximum Gasteiger partial charge on any atom is 0.405 e. The third kappa shape index (κ3) is 4.35. The summed E-state index contributed by atoms with van der Waals surface area (Å²) in [5.41, 5.74) is 4.80. The molecule has 1 atom stereocenters. The van der Waals surface area contributed by atoms with Gasteiger partial charge in [0.1, 0.15) is 0 Å². The van der Waals surface area contributed by atoms with Gasteiger partial charge in [-0.05, 0) is 6.92 Å². The average molecular weight is 189 g/mol.